The SMILES string of the molecule is CCCN(CCC)C(=O)c1cc(N(C)CCc2ccncc2)ccn1. The summed E-state index contributed by atoms with van der Waals surface area (Å²) in [6, 6.07) is 7.91. The van der Waals surface area contributed by atoms with Crippen molar-refractivity contribution in [1.29, 1.82) is 0 Å². The topological polar surface area (TPSA) is 49.3 Å². The molecule has 1 amide bonds. The van der Waals surface area contributed by atoms with E-state index in [9.17, 15) is 4.79 Å². The Kier molecular flexibility index (Phi) is 7.38. The Labute approximate surface area is 150 Å². The van der Waals surface area contributed by atoms with Gasteiger partial charge >= 0.3 is 0 Å². The van der Waals surface area contributed by atoms with Crippen molar-refractivity contribution in [1.82, 2.24) is 14.9 Å². The predicted octanol–water partition coefficient (Wildman–Crippen LogP) is 3.42. The summed E-state index contributed by atoms with van der Waals surface area (Å²) in [6.07, 6.45) is 8.20. The van der Waals surface area contributed by atoms with Crippen LogP contribution in [0.3, 0.4) is 0 Å². The monoisotopic (exact) mass is 340 g/mol. The van der Waals surface area contributed by atoms with E-state index < -0.39 is 0 Å². The molecule has 0 saturated carbocycles. The fraction of sp³-hybridized carbons (Fsp3) is 0.450. The maximum atomic E-state index is 12.7. The van der Waals surface area contributed by atoms with Gasteiger partial charge in [0.25, 0.3) is 5.91 Å². The van der Waals surface area contributed by atoms with Crippen LogP contribution in [-0.4, -0.2) is 47.5 Å². The fourth-order valence-electron chi connectivity index (χ4n) is 2.77. The van der Waals surface area contributed by atoms with Crippen LogP contribution in [-0.2, 0) is 6.42 Å². The number of pyridine rings is 2. The van der Waals surface area contributed by atoms with E-state index in [0.717, 1.165) is 44.6 Å². The van der Waals surface area contributed by atoms with Gasteiger partial charge in [0, 0.05) is 51.0 Å². The van der Waals surface area contributed by atoms with Crippen LogP contribution < -0.4 is 4.90 Å². The zero-order valence-electron chi connectivity index (χ0n) is 15.5. The number of amides is 1. The van der Waals surface area contributed by atoms with E-state index in [1.165, 1.54) is 5.56 Å². The molecular weight excluding hydrogens is 312 g/mol. The molecule has 5 nitrogen and oxygen atoms in total. The van der Waals surface area contributed by atoms with Crippen LogP contribution in [0.4, 0.5) is 5.69 Å². The minimum absolute atomic E-state index is 0.0214. The minimum atomic E-state index is 0.0214. The van der Waals surface area contributed by atoms with Crippen molar-refractivity contribution >= 4 is 11.6 Å². The molecule has 0 saturated heterocycles. The zero-order valence-corrected chi connectivity index (χ0v) is 15.5. The Morgan fingerprint density at radius 2 is 1.68 bits per heavy atom. The highest BCUT2D eigenvalue weighted by Gasteiger charge is 2.16. The molecule has 0 aliphatic heterocycles. The van der Waals surface area contributed by atoms with E-state index >= 15 is 0 Å². The van der Waals surface area contributed by atoms with E-state index in [0.29, 0.717) is 5.69 Å². The summed E-state index contributed by atoms with van der Waals surface area (Å²) in [5.41, 5.74) is 2.79. The maximum Gasteiger partial charge on any atom is 0.272 e. The molecule has 0 bridgehead atoms. The van der Waals surface area contributed by atoms with Crippen molar-refractivity contribution in [3.8, 4) is 0 Å². The first-order chi connectivity index (χ1) is 12.2. The van der Waals surface area contributed by atoms with E-state index in [1.807, 2.05) is 48.6 Å². The highest BCUT2D eigenvalue weighted by molar-refractivity contribution is 5.93. The number of hydrogen-bond acceptors (Lipinski definition) is 4. The summed E-state index contributed by atoms with van der Waals surface area (Å²) in [7, 11) is 2.04. The van der Waals surface area contributed by atoms with Gasteiger partial charge in [-0.15, -0.1) is 0 Å². The molecule has 134 valence electrons. The highest BCUT2D eigenvalue weighted by Crippen LogP contribution is 2.15. The first-order valence-electron chi connectivity index (χ1n) is 9.01. The van der Waals surface area contributed by atoms with E-state index in [4.69, 9.17) is 0 Å². The van der Waals surface area contributed by atoms with Gasteiger partial charge in [0.15, 0.2) is 0 Å². The summed E-state index contributed by atoms with van der Waals surface area (Å²) in [5, 5.41) is 0. The summed E-state index contributed by atoms with van der Waals surface area (Å²) in [5.74, 6) is 0.0214. The number of hydrogen-bond donors (Lipinski definition) is 0. The average molecular weight is 340 g/mol. The van der Waals surface area contributed by atoms with Crippen molar-refractivity contribution in [3.05, 3.63) is 54.1 Å². The van der Waals surface area contributed by atoms with Gasteiger partial charge in [0.1, 0.15) is 5.69 Å². The average Bonchev–Trinajstić information content (AvgIpc) is 2.66. The number of aromatic nitrogens is 2. The molecule has 0 aromatic carbocycles. The number of carbonyl (C=O) groups is 1. The second-order valence-corrected chi connectivity index (χ2v) is 6.22. The lowest BCUT2D eigenvalue weighted by Crippen LogP contribution is -2.33. The van der Waals surface area contributed by atoms with E-state index in [1.54, 1.807) is 6.20 Å². The molecule has 25 heavy (non-hydrogen) atoms. The molecule has 2 rings (SSSR count). The highest BCUT2D eigenvalue weighted by atomic mass is 16.2. The molecule has 2 aromatic rings. The van der Waals surface area contributed by atoms with Crippen molar-refractivity contribution in [3.63, 3.8) is 0 Å². The summed E-state index contributed by atoms with van der Waals surface area (Å²) in [6.45, 7) is 6.60. The van der Waals surface area contributed by atoms with Crippen LogP contribution in [0.1, 0.15) is 42.7 Å². The normalized spacial score (nSPS) is 10.5. The third kappa shape index (κ3) is 5.55. The van der Waals surface area contributed by atoms with E-state index in [-0.39, 0.29) is 5.91 Å². The van der Waals surface area contributed by atoms with Crippen LogP contribution in [0.5, 0.6) is 0 Å². The quantitative estimate of drug-likeness (QED) is 0.702. The van der Waals surface area contributed by atoms with Gasteiger partial charge < -0.3 is 9.80 Å². The molecule has 5 heteroatoms. The summed E-state index contributed by atoms with van der Waals surface area (Å²) in [4.78, 5) is 25.1. The molecule has 2 aromatic heterocycles. The first kappa shape index (κ1) is 18.9. The van der Waals surface area contributed by atoms with Crippen molar-refractivity contribution in [2.45, 2.75) is 33.1 Å². The van der Waals surface area contributed by atoms with Gasteiger partial charge in [-0.05, 0) is 49.1 Å². The van der Waals surface area contributed by atoms with Gasteiger partial charge in [-0.1, -0.05) is 13.8 Å². The van der Waals surface area contributed by atoms with Gasteiger partial charge in [-0.3, -0.25) is 14.8 Å². The van der Waals surface area contributed by atoms with Gasteiger partial charge in [-0.25, -0.2) is 0 Å². The second kappa shape index (κ2) is 9.77. The molecular formula is C20H28N4O. The minimum Gasteiger partial charge on any atom is -0.374 e. The number of rotatable bonds is 9. The molecule has 2 heterocycles. The molecule has 0 aliphatic rings. The summed E-state index contributed by atoms with van der Waals surface area (Å²) >= 11 is 0. The molecule has 0 N–H and O–H groups in total. The molecule has 0 spiro atoms. The Bertz CT molecular complexity index is 654. The standard InChI is InChI=1S/C20H28N4O/c1-4-13-24(14-5-2)20(25)19-16-18(8-12-22-19)23(3)15-9-17-6-10-21-11-7-17/h6-8,10-12,16H,4-5,9,13-15H2,1-3H3. The van der Waals surface area contributed by atoms with Crippen molar-refractivity contribution in [2.24, 2.45) is 0 Å². The number of likely N-dealkylation sites (N-methyl/N-ethyl adjacent to an activating group) is 1. The maximum absolute atomic E-state index is 12.7. The van der Waals surface area contributed by atoms with E-state index in [2.05, 4.69) is 28.7 Å². The molecule has 0 radical (unpaired) electrons. The van der Waals surface area contributed by atoms with Crippen molar-refractivity contribution < 1.29 is 4.79 Å². The van der Waals surface area contributed by atoms with Gasteiger partial charge in [0.2, 0.25) is 0 Å². The Morgan fingerprint density at radius 3 is 2.32 bits per heavy atom. The molecule has 0 aliphatic carbocycles. The van der Waals surface area contributed by atoms with Crippen LogP contribution in [0, 0.1) is 0 Å². The number of carbonyl (C=O) groups excluding carboxylic acids is 1. The predicted molar refractivity (Wildman–Crippen MR) is 102 cm³/mol. The Hall–Kier alpha value is -2.43. The third-order valence-electron chi connectivity index (χ3n) is 4.16. The van der Waals surface area contributed by atoms with Crippen LogP contribution in [0.15, 0.2) is 42.9 Å². The lowest BCUT2D eigenvalue weighted by Gasteiger charge is -2.23. The molecule has 0 unspecified atom stereocenters. The molecule has 0 atom stereocenters. The second-order valence-electron chi connectivity index (χ2n) is 6.22. The molecule has 0 fully saturated rings. The first-order valence-corrected chi connectivity index (χ1v) is 9.01. The third-order valence-corrected chi connectivity index (χ3v) is 4.16. The zero-order chi connectivity index (χ0) is 18.1. The van der Waals surface area contributed by atoms with Crippen LogP contribution in [0.25, 0.3) is 0 Å². The Morgan fingerprint density at radius 1 is 1.00 bits per heavy atom. The van der Waals surface area contributed by atoms with Crippen LogP contribution in [0.2, 0.25) is 0 Å². The van der Waals surface area contributed by atoms with Crippen molar-refractivity contribution in [2.75, 3.05) is 31.6 Å². The summed E-state index contributed by atoms with van der Waals surface area (Å²) < 4.78 is 0. The number of nitrogens with zero attached hydrogens (tertiary/aromatic N) is 4. The lowest BCUT2D eigenvalue weighted by molar-refractivity contribution is 0.0749. The van der Waals surface area contributed by atoms with Gasteiger partial charge in [0.05, 0.1) is 0 Å². The van der Waals surface area contributed by atoms with Crippen LogP contribution >= 0.6 is 0 Å². The fourth-order valence-corrected chi connectivity index (χ4v) is 2.77. The Balaban J connectivity index is 2.05. The van der Waals surface area contributed by atoms with Gasteiger partial charge in [-0.2, -0.15) is 0 Å². The number of anilines is 1. The lowest BCUT2D eigenvalue weighted by atomic mass is 10.2. The smallest absolute Gasteiger partial charge is 0.272 e. The largest absolute Gasteiger partial charge is 0.374 e.